The molecular formula is C16H9Br2NO3. The minimum atomic E-state index is -0.667. The van der Waals surface area contributed by atoms with Crippen molar-refractivity contribution < 1.29 is 9.21 Å². The number of fused-ring (bicyclic) bond motifs is 1. The van der Waals surface area contributed by atoms with Crippen LogP contribution in [0.15, 0.2) is 66.7 Å². The van der Waals surface area contributed by atoms with Crippen molar-refractivity contribution in [2.24, 2.45) is 0 Å². The highest BCUT2D eigenvalue weighted by molar-refractivity contribution is 9.10. The Morgan fingerprint density at radius 1 is 1.05 bits per heavy atom. The smallest absolute Gasteiger partial charge is 0.349 e. The van der Waals surface area contributed by atoms with E-state index in [-0.39, 0.29) is 5.56 Å². The third-order valence-corrected chi connectivity index (χ3v) is 4.25. The number of hydrogen-bond donors (Lipinski definition) is 1. The molecule has 0 aliphatic heterocycles. The van der Waals surface area contributed by atoms with Gasteiger partial charge in [0.05, 0.1) is 5.69 Å². The van der Waals surface area contributed by atoms with Crippen molar-refractivity contribution in [2.45, 2.75) is 0 Å². The molecule has 0 spiro atoms. The average molecular weight is 423 g/mol. The zero-order chi connectivity index (χ0) is 15.7. The van der Waals surface area contributed by atoms with Crippen molar-refractivity contribution in [3.05, 3.63) is 73.5 Å². The Morgan fingerprint density at radius 2 is 1.82 bits per heavy atom. The van der Waals surface area contributed by atoms with Gasteiger partial charge in [0.15, 0.2) is 0 Å². The lowest BCUT2D eigenvalue weighted by Gasteiger charge is -2.07. The van der Waals surface area contributed by atoms with Crippen molar-refractivity contribution in [3.63, 3.8) is 0 Å². The van der Waals surface area contributed by atoms with Gasteiger partial charge in [-0.2, -0.15) is 0 Å². The largest absolute Gasteiger partial charge is 0.422 e. The Morgan fingerprint density at radius 3 is 2.59 bits per heavy atom. The maximum absolute atomic E-state index is 12.3. The van der Waals surface area contributed by atoms with Gasteiger partial charge >= 0.3 is 5.63 Å². The van der Waals surface area contributed by atoms with Gasteiger partial charge in [0.2, 0.25) is 0 Å². The van der Waals surface area contributed by atoms with E-state index in [0.29, 0.717) is 16.7 Å². The Hall–Kier alpha value is -1.92. The van der Waals surface area contributed by atoms with Crippen LogP contribution in [0.1, 0.15) is 10.4 Å². The predicted octanol–water partition coefficient (Wildman–Crippen LogP) is 4.57. The van der Waals surface area contributed by atoms with Gasteiger partial charge in [0.1, 0.15) is 11.1 Å². The first-order valence-corrected chi connectivity index (χ1v) is 7.92. The summed E-state index contributed by atoms with van der Waals surface area (Å²) in [5.41, 5.74) is 0.313. The van der Waals surface area contributed by atoms with E-state index in [4.69, 9.17) is 4.42 Å². The van der Waals surface area contributed by atoms with Gasteiger partial charge in [-0.1, -0.05) is 28.1 Å². The molecule has 0 atom stereocenters. The Kier molecular flexibility index (Phi) is 4.13. The first kappa shape index (κ1) is 15.0. The Bertz CT molecular complexity index is 934. The molecule has 0 aliphatic carbocycles. The van der Waals surface area contributed by atoms with Crippen molar-refractivity contribution >= 4 is 54.4 Å². The predicted molar refractivity (Wildman–Crippen MR) is 92.3 cm³/mol. The molecular weight excluding hydrogens is 414 g/mol. The second-order valence-electron chi connectivity index (χ2n) is 4.56. The van der Waals surface area contributed by atoms with E-state index >= 15 is 0 Å². The summed E-state index contributed by atoms with van der Waals surface area (Å²) in [6, 6.07) is 13.9. The van der Waals surface area contributed by atoms with Gasteiger partial charge in [-0.15, -0.1) is 0 Å². The third kappa shape index (κ3) is 2.98. The van der Waals surface area contributed by atoms with Crippen molar-refractivity contribution in [2.75, 3.05) is 5.32 Å². The number of carbonyl (C=O) groups is 1. The Balaban J connectivity index is 2.02. The summed E-state index contributed by atoms with van der Waals surface area (Å²) in [4.78, 5) is 24.3. The first-order chi connectivity index (χ1) is 10.5. The van der Waals surface area contributed by atoms with Gasteiger partial charge in [0.25, 0.3) is 5.91 Å². The number of para-hydroxylation sites is 1. The fourth-order valence-electron chi connectivity index (χ4n) is 2.00. The van der Waals surface area contributed by atoms with Crippen LogP contribution in [-0.4, -0.2) is 5.91 Å². The van der Waals surface area contributed by atoms with Crippen LogP contribution >= 0.6 is 31.9 Å². The summed E-state index contributed by atoms with van der Waals surface area (Å²) in [7, 11) is 0. The number of hydrogen-bond acceptors (Lipinski definition) is 3. The highest BCUT2D eigenvalue weighted by Crippen LogP contribution is 2.23. The summed E-state index contributed by atoms with van der Waals surface area (Å²) in [5, 5.41) is 3.36. The molecule has 0 fully saturated rings. The number of benzene rings is 2. The van der Waals surface area contributed by atoms with Crippen LogP contribution in [0.5, 0.6) is 0 Å². The maximum Gasteiger partial charge on any atom is 0.349 e. The lowest BCUT2D eigenvalue weighted by atomic mass is 10.1. The van der Waals surface area contributed by atoms with Crippen molar-refractivity contribution in [3.8, 4) is 0 Å². The number of nitrogens with one attached hydrogen (secondary N) is 1. The first-order valence-electron chi connectivity index (χ1n) is 6.34. The van der Waals surface area contributed by atoms with E-state index in [2.05, 4.69) is 37.2 Å². The van der Waals surface area contributed by atoms with Crippen molar-refractivity contribution in [1.29, 1.82) is 0 Å². The molecule has 0 aliphatic rings. The molecule has 0 bridgehead atoms. The van der Waals surface area contributed by atoms with Crippen LogP contribution in [0.2, 0.25) is 0 Å². The van der Waals surface area contributed by atoms with Crippen LogP contribution in [-0.2, 0) is 0 Å². The van der Waals surface area contributed by atoms with Crippen LogP contribution in [0.25, 0.3) is 11.0 Å². The molecule has 22 heavy (non-hydrogen) atoms. The van der Waals surface area contributed by atoms with E-state index in [0.717, 1.165) is 8.95 Å². The topological polar surface area (TPSA) is 59.3 Å². The summed E-state index contributed by atoms with van der Waals surface area (Å²) in [5.74, 6) is -0.512. The highest BCUT2D eigenvalue weighted by Gasteiger charge is 2.15. The zero-order valence-corrected chi connectivity index (χ0v) is 14.3. The van der Waals surface area contributed by atoms with Crippen molar-refractivity contribution in [1.82, 2.24) is 0 Å². The number of amides is 1. The number of halogens is 2. The lowest BCUT2D eigenvalue weighted by Crippen LogP contribution is -2.20. The molecule has 1 aromatic heterocycles. The molecule has 0 saturated carbocycles. The SMILES string of the molecule is O=C(Nc1ccccc1Br)c1cc2cc(Br)ccc2oc1=O. The number of rotatable bonds is 2. The fourth-order valence-corrected chi connectivity index (χ4v) is 2.77. The van der Waals surface area contributed by atoms with Gasteiger partial charge in [-0.25, -0.2) is 4.79 Å². The molecule has 3 rings (SSSR count). The van der Waals surface area contributed by atoms with Crippen LogP contribution in [0.4, 0.5) is 5.69 Å². The second kappa shape index (κ2) is 6.06. The average Bonchev–Trinajstić information content (AvgIpc) is 2.49. The monoisotopic (exact) mass is 421 g/mol. The number of anilines is 1. The second-order valence-corrected chi connectivity index (χ2v) is 6.33. The summed E-state index contributed by atoms with van der Waals surface area (Å²) in [6.07, 6.45) is 0. The highest BCUT2D eigenvalue weighted by atomic mass is 79.9. The van der Waals surface area contributed by atoms with Gasteiger partial charge in [0, 0.05) is 14.3 Å². The van der Waals surface area contributed by atoms with E-state index in [1.54, 1.807) is 36.4 Å². The molecule has 1 N–H and O–H groups in total. The summed E-state index contributed by atoms with van der Waals surface area (Å²) < 4.78 is 6.76. The molecule has 3 aromatic rings. The van der Waals surface area contributed by atoms with Gasteiger partial charge in [-0.3, -0.25) is 4.79 Å². The zero-order valence-electron chi connectivity index (χ0n) is 11.1. The lowest BCUT2D eigenvalue weighted by molar-refractivity contribution is 0.102. The van der Waals surface area contributed by atoms with E-state index in [1.165, 1.54) is 6.07 Å². The molecule has 1 amide bonds. The third-order valence-electron chi connectivity index (χ3n) is 3.06. The normalized spacial score (nSPS) is 10.6. The molecule has 0 radical (unpaired) electrons. The van der Waals surface area contributed by atoms with Gasteiger partial charge in [-0.05, 0) is 52.3 Å². The molecule has 2 aromatic carbocycles. The molecule has 4 nitrogen and oxygen atoms in total. The standard InChI is InChI=1S/C16H9Br2NO3/c17-10-5-6-14-9(7-10)8-11(16(21)22-14)15(20)19-13-4-2-1-3-12(13)18/h1-8H,(H,19,20). The summed E-state index contributed by atoms with van der Waals surface area (Å²) >= 11 is 6.69. The Labute approximate surface area is 142 Å². The minimum Gasteiger partial charge on any atom is -0.422 e. The molecule has 0 unspecified atom stereocenters. The fraction of sp³-hybridized carbons (Fsp3) is 0. The molecule has 0 saturated heterocycles. The minimum absolute atomic E-state index is 0.0404. The summed E-state index contributed by atoms with van der Waals surface area (Å²) in [6.45, 7) is 0. The van der Waals surface area contributed by atoms with Crippen LogP contribution in [0, 0.1) is 0 Å². The van der Waals surface area contributed by atoms with Gasteiger partial charge < -0.3 is 9.73 Å². The maximum atomic E-state index is 12.3. The molecule has 110 valence electrons. The van der Waals surface area contributed by atoms with Crippen LogP contribution in [0.3, 0.4) is 0 Å². The van der Waals surface area contributed by atoms with E-state index < -0.39 is 11.5 Å². The molecule has 1 heterocycles. The quantitative estimate of drug-likeness (QED) is 0.615. The molecule has 6 heteroatoms. The number of carbonyl (C=O) groups excluding carboxylic acids is 1. The van der Waals surface area contributed by atoms with E-state index in [1.807, 2.05) is 6.07 Å². The van der Waals surface area contributed by atoms with Crippen LogP contribution < -0.4 is 10.9 Å². The van der Waals surface area contributed by atoms with E-state index in [9.17, 15) is 9.59 Å².